The molecule has 0 unspecified atom stereocenters. The van der Waals surface area contributed by atoms with Gasteiger partial charge in [-0.1, -0.05) is 0 Å². The van der Waals surface area contributed by atoms with Gasteiger partial charge in [0.15, 0.2) is 0 Å². The SMILES string of the molecule is Nc1ccc(=O)n(CCCO)n1. The summed E-state index contributed by atoms with van der Waals surface area (Å²) in [7, 11) is 0. The van der Waals surface area contributed by atoms with Crippen LogP contribution in [-0.4, -0.2) is 21.5 Å². The molecule has 1 heterocycles. The Morgan fingerprint density at radius 2 is 2.33 bits per heavy atom. The highest BCUT2D eigenvalue weighted by Crippen LogP contribution is 1.90. The van der Waals surface area contributed by atoms with E-state index < -0.39 is 0 Å². The summed E-state index contributed by atoms with van der Waals surface area (Å²) >= 11 is 0. The molecule has 0 aromatic carbocycles. The molecule has 0 amide bonds. The molecule has 0 atom stereocenters. The Morgan fingerprint density at radius 1 is 1.58 bits per heavy atom. The molecule has 12 heavy (non-hydrogen) atoms. The third-order valence-electron chi connectivity index (χ3n) is 1.42. The topological polar surface area (TPSA) is 81.1 Å². The van der Waals surface area contributed by atoms with Crippen LogP contribution in [0.25, 0.3) is 0 Å². The summed E-state index contributed by atoms with van der Waals surface area (Å²) < 4.78 is 1.24. The van der Waals surface area contributed by atoms with E-state index in [9.17, 15) is 4.79 Å². The maximum atomic E-state index is 11.0. The second kappa shape index (κ2) is 3.87. The van der Waals surface area contributed by atoms with Crippen LogP contribution in [0.4, 0.5) is 5.82 Å². The van der Waals surface area contributed by atoms with Crippen LogP contribution < -0.4 is 11.3 Å². The van der Waals surface area contributed by atoms with Crippen molar-refractivity contribution in [3.05, 3.63) is 22.5 Å². The number of aliphatic hydroxyl groups is 1. The van der Waals surface area contributed by atoms with E-state index in [-0.39, 0.29) is 12.2 Å². The summed E-state index contributed by atoms with van der Waals surface area (Å²) in [4.78, 5) is 11.0. The molecular weight excluding hydrogens is 158 g/mol. The average Bonchev–Trinajstić information content (AvgIpc) is 2.07. The van der Waals surface area contributed by atoms with Gasteiger partial charge in [0.2, 0.25) is 0 Å². The predicted molar refractivity (Wildman–Crippen MR) is 44.6 cm³/mol. The first-order chi connectivity index (χ1) is 5.74. The van der Waals surface area contributed by atoms with Gasteiger partial charge in [-0.15, -0.1) is 0 Å². The van der Waals surface area contributed by atoms with E-state index in [0.29, 0.717) is 18.8 Å². The Bertz CT molecular complexity index is 308. The first kappa shape index (κ1) is 8.73. The Hall–Kier alpha value is -1.36. The second-order valence-electron chi connectivity index (χ2n) is 2.40. The van der Waals surface area contributed by atoms with E-state index in [2.05, 4.69) is 5.10 Å². The van der Waals surface area contributed by atoms with Gasteiger partial charge in [0.05, 0.1) is 0 Å². The van der Waals surface area contributed by atoms with Crippen LogP contribution >= 0.6 is 0 Å². The van der Waals surface area contributed by atoms with E-state index in [1.54, 1.807) is 0 Å². The lowest BCUT2D eigenvalue weighted by Gasteiger charge is -2.02. The molecule has 0 fully saturated rings. The molecule has 0 radical (unpaired) electrons. The monoisotopic (exact) mass is 169 g/mol. The van der Waals surface area contributed by atoms with Gasteiger partial charge >= 0.3 is 0 Å². The van der Waals surface area contributed by atoms with E-state index >= 15 is 0 Å². The summed E-state index contributed by atoms with van der Waals surface area (Å²) in [5.74, 6) is 0.313. The van der Waals surface area contributed by atoms with Crippen LogP contribution in [0.3, 0.4) is 0 Å². The number of aromatic nitrogens is 2. The standard InChI is InChI=1S/C7H11N3O2/c8-6-2-3-7(12)10(9-6)4-1-5-11/h2-3,11H,1,4-5H2,(H2,8,9). The molecule has 0 bridgehead atoms. The molecule has 0 saturated heterocycles. The fraction of sp³-hybridized carbons (Fsp3) is 0.429. The van der Waals surface area contributed by atoms with Crippen molar-refractivity contribution in [1.82, 2.24) is 9.78 Å². The van der Waals surface area contributed by atoms with Gasteiger partial charge in [-0.25, -0.2) is 4.68 Å². The number of nitrogens with zero attached hydrogens (tertiary/aromatic N) is 2. The Labute approximate surface area is 69.4 Å². The molecule has 0 aliphatic carbocycles. The third kappa shape index (κ3) is 2.06. The van der Waals surface area contributed by atoms with Crippen molar-refractivity contribution in [2.75, 3.05) is 12.3 Å². The number of nitrogen functional groups attached to an aromatic ring is 1. The minimum absolute atomic E-state index is 0.0446. The molecule has 1 aromatic heterocycles. The quantitative estimate of drug-likeness (QED) is 0.621. The van der Waals surface area contributed by atoms with Crippen LogP contribution in [0, 0.1) is 0 Å². The van der Waals surface area contributed by atoms with Crippen molar-refractivity contribution in [1.29, 1.82) is 0 Å². The first-order valence-corrected chi connectivity index (χ1v) is 3.68. The lowest BCUT2D eigenvalue weighted by Crippen LogP contribution is -2.23. The average molecular weight is 169 g/mol. The molecular formula is C7H11N3O2. The summed E-state index contributed by atoms with van der Waals surface area (Å²) in [5.41, 5.74) is 5.17. The third-order valence-corrected chi connectivity index (χ3v) is 1.42. The van der Waals surface area contributed by atoms with Crippen molar-refractivity contribution in [3.63, 3.8) is 0 Å². The van der Waals surface area contributed by atoms with Gasteiger partial charge in [0.25, 0.3) is 5.56 Å². The fourth-order valence-corrected chi connectivity index (χ4v) is 0.845. The Kier molecular flexibility index (Phi) is 2.82. The maximum absolute atomic E-state index is 11.0. The van der Waals surface area contributed by atoms with Crippen molar-refractivity contribution < 1.29 is 5.11 Å². The van der Waals surface area contributed by atoms with Crippen LogP contribution in [-0.2, 0) is 6.54 Å². The van der Waals surface area contributed by atoms with Crippen molar-refractivity contribution in [3.8, 4) is 0 Å². The van der Waals surface area contributed by atoms with E-state index in [1.165, 1.54) is 16.8 Å². The summed E-state index contributed by atoms with van der Waals surface area (Å²) in [6.45, 7) is 0.448. The summed E-state index contributed by atoms with van der Waals surface area (Å²) in [6.07, 6.45) is 0.510. The molecule has 1 aromatic rings. The molecule has 5 nitrogen and oxygen atoms in total. The molecule has 1 rings (SSSR count). The van der Waals surface area contributed by atoms with Crippen molar-refractivity contribution in [2.24, 2.45) is 0 Å². The maximum Gasteiger partial charge on any atom is 0.266 e. The minimum atomic E-state index is -0.197. The highest BCUT2D eigenvalue weighted by molar-refractivity contribution is 5.23. The minimum Gasteiger partial charge on any atom is -0.396 e. The lowest BCUT2D eigenvalue weighted by atomic mass is 10.4. The second-order valence-corrected chi connectivity index (χ2v) is 2.40. The fourth-order valence-electron chi connectivity index (χ4n) is 0.845. The number of nitrogens with two attached hydrogens (primary N) is 1. The van der Waals surface area contributed by atoms with Gasteiger partial charge in [-0.2, -0.15) is 5.10 Å². The predicted octanol–water partition coefficient (Wildman–Crippen LogP) is -0.792. The number of aryl methyl sites for hydroxylation is 1. The van der Waals surface area contributed by atoms with Crippen LogP contribution in [0.2, 0.25) is 0 Å². The zero-order valence-electron chi connectivity index (χ0n) is 6.60. The number of anilines is 1. The summed E-state index contributed by atoms with van der Waals surface area (Å²) in [6, 6.07) is 2.82. The normalized spacial score (nSPS) is 10.1. The van der Waals surface area contributed by atoms with Crippen molar-refractivity contribution >= 4 is 5.82 Å². The van der Waals surface area contributed by atoms with Gasteiger partial charge < -0.3 is 10.8 Å². The molecule has 3 N–H and O–H groups in total. The molecule has 66 valence electrons. The van der Waals surface area contributed by atoms with Crippen LogP contribution in [0.1, 0.15) is 6.42 Å². The molecule has 5 heteroatoms. The van der Waals surface area contributed by atoms with Gasteiger partial charge in [0, 0.05) is 19.2 Å². The lowest BCUT2D eigenvalue weighted by molar-refractivity contribution is 0.275. The van der Waals surface area contributed by atoms with Crippen LogP contribution in [0.5, 0.6) is 0 Å². The Morgan fingerprint density at radius 3 is 3.00 bits per heavy atom. The number of hydrogen-bond acceptors (Lipinski definition) is 4. The summed E-state index contributed by atoms with van der Waals surface area (Å²) in [5, 5.41) is 12.3. The van der Waals surface area contributed by atoms with Crippen LogP contribution in [0.15, 0.2) is 16.9 Å². The van der Waals surface area contributed by atoms with E-state index in [0.717, 1.165) is 0 Å². The van der Waals surface area contributed by atoms with E-state index in [1.807, 2.05) is 0 Å². The first-order valence-electron chi connectivity index (χ1n) is 3.68. The largest absolute Gasteiger partial charge is 0.396 e. The Balaban J connectivity index is 2.83. The molecule has 0 spiro atoms. The molecule has 0 aliphatic rings. The van der Waals surface area contributed by atoms with Gasteiger partial charge in [-0.05, 0) is 12.5 Å². The highest BCUT2D eigenvalue weighted by Gasteiger charge is 1.96. The van der Waals surface area contributed by atoms with E-state index in [4.69, 9.17) is 10.8 Å². The molecule has 0 aliphatic heterocycles. The molecule has 0 saturated carbocycles. The highest BCUT2D eigenvalue weighted by atomic mass is 16.3. The zero-order chi connectivity index (χ0) is 8.97. The number of rotatable bonds is 3. The smallest absolute Gasteiger partial charge is 0.266 e. The zero-order valence-corrected chi connectivity index (χ0v) is 6.60. The number of hydrogen-bond donors (Lipinski definition) is 2. The van der Waals surface area contributed by atoms with Gasteiger partial charge in [0.1, 0.15) is 5.82 Å². The van der Waals surface area contributed by atoms with Crippen molar-refractivity contribution in [2.45, 2.75) is 13.0 Å². The number of aliphatic hydroxyl groups excluding tert-OH is 1. The van der Waals surface area contributed by atoms with Gasteiger partial charge in [-0.3, -0.25) is 4.79 Å².